The lowest BCUT2D eigenvalue weighted by Crippen LogP contribution is -2.70. The van der Waals surface area contributed by atoms with Crippen molar-refractivity contribution < 1.29 is 182 Å². The molecule has 38 nitrogen and oxygen atoms in total. The topological polar surface area (TPSA) is 591 Å². The van der Waals surface area contributed by atoms with Gasteiger partial charge < -0.3 is 168 Å². The van der Waals surface area contributed by atoms with Crippen molar-refractivity contribution >= 4 is 24.3 Å². The zero-order valence-electron chi connectivity index (χ0n) is 69.0. The quantitative estimate of drug-likeness (QED) is 0.0114. The highest BCUT2D eigenvalue weighted by Gasteiger charge is 2.73. The minimum absolute atomic E-state index is 0.0398. The van der Waals surface area contributed by atoms with Gasteiger partial charge in [0.25, 0.3) is 0 Å². The number of unbranched alkanes of at least 4 members (excludes halogenated alkanes) is 8. The monoisotopic (exact) mass is 1710 g/mol. The number of ether oxygens (including phenoxy) is 14. The van der Waals surface area contributed by atoms with Gasteiger partial charge >= 0.3 is 12.1 Å². The fourth-order valence-electron chi connectivity index (χ4n) is 21.8. The van der Waals surface area contributed by atoms with Crippen LogP contribution in [0.3, 0.4) is 0 Å². The first-order chi connectivity index (χ1) is 56.3. The molecule has 7 saturated heterocycles. The SMILES string of the molecule is CCCCCCCCCCCC(=O)N[C@H]1C(CO)O[C@@H](OC(=O)[C@]23CCC(C)(C)CC2C2=CCC4C5(C)CC[C@H](O[C@@H]6OC[C@@H](O)[C@H](O[C@@H]7OC[C@@H](O)[C@H](O)C7O)C6O[C@@H]6OC(CO)[C@H](O)[C@H](O)C6O)[C@](C)(C=O)[C@@H]5CC[C@]4(C)[C@]2(C)CC3O)[C@H](O[C@@H]2OC(C)[C@H](O[C@@H]3OC[C@@H](O)C(O[C@@H]4OC[C@@](O)(CO)C4O)[C@H]3O)C(O)[C@@H]2O)C1O.O=C=O. The summed E-state index contributed by atoms with van der Waals surface area (Å²) in [5, 5.41) is 204. The Bertz CT molecular complexity index is 3400. The zero-order valence-corrected chi connectivity index (χ0v) is 69.0. The maximum absolute atomic E-state index is 16.2. The summed E-state index contributed by atoms with van der Waals surface area (Å²) in [6.45, 7) is 11.5. The molecule has 0 aromatic rings. The molecule has 38 heteroatoms. The lowest BCUT2D eigenvalue weighted by atomic mass is 9.33. The van der Waals surface area contributed by atoms with E-state index in [4.69, 9.17) is 75.9 Å². The Labute approximate surface area is 690 Å². The lowest BCUT2D eigenvalue weighted by Gasteiger charge is -2.71. The van der Waals surface area contributed by atoms with E-state index < -0.39 is 299 Å². The van der Waals surface area contributed by atoms with E-state index in [0.29, 0.717) is 44.9 Å². The van der Waals surface area contributed by atoms with E-state index in [2.05, 4.69) is 52.9 Å². The molecule has 14 unspecified atom stereocenters. The molecule has 0 spiro atoms. The van der Waals surface area contributed by atoms with Gasteiger partial charge in [-0.3, -0.25) is 9.59 Å². The number of aliphatic hydroxyl groups is 18. The number of hydrogen-bond donors (Lipinski definition) is 19. The van der Waals surface area contributed by atoms with Crippen molar-refractivity contribution in [1.29, 1.82) is 0 Å². The summed E-state index contributed by atoms with van der Waals surface area (Å²) in [6, 6.07) is -1.44. The van der Waals surface area contributed by atoms with E-state index in [-0.39, 0.29) is 37.8 Å². The Balaban J connectivity index is 0.00000455. The summed E-state index contributed by atoms with van der Waals surface area (Å²) in [7, 11) is 0. The molecule has 11 fully saturated rings. The fourth-order valence-corrected chi connectivity index (χ4v) is 21.8. The van der Waals surface area contributed by atoms with Gasteiger partial charge in [0.15, 0.2) is 43.8 Å². The van der Waals surface area contributed by atoms with Crippen LogP contribution >= 0.6 is 0 Å². The van der Waals surface area contributed by atoms with Gasteiger partial charge in [0.1, 0.15) is 133 Å². The maximum Gasteiger partial charge on any atom is 0.373 e. The molecule has 682 valence electrons. The van der Waals surface area contributed by atoms with Gasteiger partial charge in [0, 0.05) is 6.42 Å². The largest absolute Gasteiger partial charge is 0.432 e. The molecular weight excluding hydrogens is 1580 g/mol. The second-order valence-corrected chi connectivity index (χ2v) is 37.1. The third-order valence-corrected chi connectivity index (χ3v) is 29.1. The van der Waals surface area contributed by atoms with Crippen molar-refractivity contribution in [3.05, 3.63) is 11.6 Å². The van der Waals surface area contributed by atoms with Crippen LogP contribution in [-0.4, -0.2) is 359 Å². The highest BCUT2D eigenvalue weighted by molar-refractivity contribution is 5.80. The number of fused-ring (bicyclic) bond motifs is 7. The minimum atomic E-state index is -2.11. The standard InChI is InChI=1S/C80H131NO35.CO2/c1-9-10-11-12-13-14-15-16-17-18-49(90)81-50-43(29-82)108-71(63(53(50)93)114-68-58(98)55(95)60(37(2)107-68)111-67-59(99)61(41(87)32-104-67)112-72-65(100)79(102,35-85)36-106-72)116-73(101)80-26-25-74(3,4)27-39(80)38-19-20-46-75(5)23-22-48(76(6,34-84)45(75)21-24-77(46,7)78(38,8)28-47(80)89)110-70-64(115-69-57(97)54(94)52(92)44(30-83)109-69)62(42(88)33-105-70)113-66-56(96)51(91)40(86)31-103-66;2-1-3/h19,34,37,39-48,50-72,82-83,85-89,91-100,102H,9-18,20-33,35-36H2,1-8H3,(H,81,90);/t37?,39?,40-,41-,42-,43?,44?,45-,46?,47?,48+,50+,51+,52+,53?,54+,55?,56?,57?,58+,59-,60+,61?,62+,63-,64?,65?,66+,67+,68+,69+,70+,71+,72+,75?,76-,77+,78-,79+,80-;/m1./s1. The van der Waals surface area contributed by atoms with Gasteiger partial charge in [0.05, 0.1) is 76.0 Å². The van der Waals surface area contributed by atoms with Gasteiger partial charge in [-0.15, -0.1) is 0 Å². The van der Waals surface area contributed by atoms with E-state index in [9.17, 15) is 102 Å². The molecule has 0 bridgehead atoms. The highest BCUT2D eigenvalue weighted by Crippen LogP contribution is 2.76. The summed E-state index contributed by atoms with van der Waals surface area (Å²) in [6.07, 6.45) is -35.4. The van der Waals surface area contributed by atoms with Crippen LogP contribution in [0.4, 0.5) is 0 Å². The van der Waals surface area contributed by atoms with Crippen molar-refractivity contribution in [1.82, 2.24) is 5.32 Å². The second kappa shape index (κ2) is 39.4. The molecule has 0 aromatic heterocycles. The molecule has 12 rings (SSSR count). The van der Waals surface area contributed by atoms with Crippen molar-refractivity contribution in [3.8, 4) is 0 Å². The van der Waals surface area contributed by atoms with Crippen LogP contribution in [-0.2, 0) is 90.3 Å². The number of aldehydes is 1. The van der Waals surface area contributed by atoms with Gasteiger partial charge in [0.2, 0.25) is 12.2 Å². The van der Waals surface area contributed by atoms with E-state index in [0.717, 1.165) is 56.8 Å². The molecule has 0 radical (unpaired) electrons. The Morgan fingerprint density at radius 2 is 1.11 bits per heavy atom. The van der Waals surface area contributed by atoms with Crippen LogP contribution in [0.15, 0.2) is 11.6 Å². The van der Waals surface area contributed by atoms with Crippen LogP contribution in [0.5, 0.6) is 0 Å². The van der Waals surface area contributed by atoms with Crippen LogP contribution < -0.4 is 5.32 Å². The van der Waals surface area contributed by atoms with E-state index >= 15 is 4.79 Å². The molecule has 19 N–H and O–H groups in total. The van der Waals surface area contributed by atoms with Crippen LogP contribution in [0, 0.1) is 50.2 Å². The Kier molecular flexibility index (Phi) is 31.8. The average molecular weight is 1710 g/mol. The van der Waals surface area contributed by atoms with Gasteiger partial charge in [-0.2, -0.15) is 9.59 Å². The van der Waals surface area contributed by atoms with E-state index in [1.807, 2.05) is 6.92 Å². The summed E-state index contributed by atoms with van der Waals surface area (Å²) >= 11 is 0. The summed E-state index contributed by atoms with van der Waals surface area (Å²) in [5.74, 6) is -2.69. The molecule has 7 heterocycles. The van der Waals surface area contributed by atoms with Gasteiger partial charge in [-0.1, -0.05) is 111 Å². The van der Waals surface area contributed by atoms with Crippen molar-refractivity contribution in [3.63, 3.8) is 0 Å². The number of amides is 1. The van der Waals surface area contributed by atoms with Crippen LogP contribution in [0.2, 0.25) is 0 Å². The van der Waals surface area contributed by atoms with Gasteiger partial charge in [-0.25, -0.2) is 0 Å². The predicted molar refractivity (Wildman–Crippen MR) is 400 cm³/mol. The van der Waals surface area contributed by atoms with Crippen molar-refractivity contribution in [2.24, 2.45) is 50.2 Å². The Hall–Kier alpha value is -3.51. The van der Waals surface area contributed by atoms with E-state index in [1.165, 1.54) is 13.3 Å². The smallest absolute Gasteiger partial charge is 0.373 e. The number of allylic oxidation sites excluding steroid dienone is 2. The number of rotatable bonds is 29. The summed E-state index contributed by atoms with van der Waals surface area (Å²) in [4.78, 5) is 60.6. The fraction of sp³-hybridized carbons (Fsp3) is 0.926. The Morgan fingerprint density at radius 1 is 0.546 bits per heavy atom. The molecule has 0 aromatic carbocycles. The van der Waals surface area contributed by atoms with Crippen LogP contribution in [0.25, 0.3) is 0 Å². The first kappa shape index (κ1) is 96.1. The van der Waals surface area contributed by atoms with Gasteiger partial charge in [-0.05, 0) is 111 Å². The number of esters is 1. The predicted octanol–water partition coefficient (Wildman–Crippen LogP) is -3.37. The highest BCUT2D eigenvalue weighted by atomic mass is 16.8. The first-order valence-electron chi connectivity index (χ1n) is 42.4. The molecule has 40 atom stereocenters. The lowest BCUT2D eigenvalue weighted by molar-refractivity contribution is -0.384. The number of nitrogens with one attached hydrogen (secondary N) is 1. The molecular formula is C81H131NO37. The zero-order chi connectivity index (χ0) is 87.0. The number of hydrogen-bond acceptors (Lipinski definition) is 37. The Morgan fingerprint density at radius 3 is 1.75 bits per heavy atom. The van der Waals surface area contributed by atoms with Crippen molar-refractivity contribution in [2.45, 2.75) is 373 Å². The first-order valence-corrected chi connectivity index (χ1v) is 42.4. The average Bonchev–Trinajstić information content (AvgIpc) is 0.835. The summed E-state index contributed by atoms with van der Waals surface area (Å²) < 4.78 is 85.3. The third kappa shape index (κ3) is 18.8. The van der Waals surface area contributed by atoms with Crippen molar-refractivity contribution in [2.75, 3.05) is 46.2 Å². The molecule has 119 heavy (non-hydrogen) atoms. The minimum Gasteiger partial charge on any atom is -0.432 e. The number of carbonyl (C=O) groups is 3. The maximum atomic E-state index is 16.2. The molecule has 5 aliphatic carbocycles. The number of aliphatic hydroxyl groups excluding tert-OH is 17. The molecule has 1 amide bonds. The van der Waals surface area contributed by atoms with E-state index in [1.54, 1.807) is 0 Å². The van der Waals surface area contributed by atoms with Crippen LogP contribution in [0.1, 0.15) is 177 Å². The summed E-state index contributed by atoms with van der Waals surface area (Å²) in [5.41, 5.74) is -6.70. The third-order valence-electron chi connectivity index (χ3n) is 29.1. The number of carbonyl (C=O) groups excluding carboxylic acids is 5. The second-order valence-electron chi connectivity index (χ2n) is 37.1. The molecule has 4 saturated carbocycles. The normalized spacial score (nSPS) is 49.0. The molecule has 12 aliphatic rings. The molecule has 7 aliphatic heterocycles.